The minimum atomic E-state index is 0.477. The molecule has 5 heteroatoms. The second-order valence-electron chi connectivity index (χ2n) is 4.73. The van der Waals surface area contributed by atoms with Crippen molar-refractivity contribution in [1.82, 2.24) is 9.80 Å². The smallest absolute Gasteiger partial charge is 0.0594 e. The summed E-state index contributed by atoms with van der Waals surface area (Å²) in [6.45, 7) is 6.46. The van der Waals surface area contributed by atoms with E-state index in [2.05, 4.69) is 34.4 Å². The van der Waals surface area contributed by atoms with Crippen molar-refractivity contribution in [2.75, 3.05) is 53.0 Å². The van der Waals surface area contributed by atoms with Crippen molar-refractivity contribution in [2.24, 2.45) is 5.73 Å². The van der Waals surface area contributed by atoms with Crippen molar-refractivity contribution in [2.45, 2.75) is 6.04 Å². The van der Waals surface area contributed by atoms with Gasteiger partial charge in [0, 0.05) is 37.6 Å². The molecule has 1 aliphatic rings. The van der Waals surface area contributed by atoms with E-state index < -0.39 is 0 Å². The molecule has 2 rings (SSSR count). The Hall–Kier alpha value is -0.460. The van der Waals surface area contributed by atoms with E-state index in [4.69, 9.17) is 10.5 Å². The minimum absolute atomic E-state index is 0.477. The quantitative estimate of drug-likeness (QED) is 0.837. The van der Waals surface area contributed by atoms with E-state index in [1.807, 2.05) is 11.3 Å². The highest BCUT2D eigenvalue weighted by molar-refractivity contribution is 7.10. The molecule has 0 aromatic carbocycles. The highest BCUT2D eigenvalue weighted by Crippen LogP contribution is 2.26. The first-order valence-corrected chi connectivity index (χ1v) is 7.43. The second kappa shape index (κ2) is 7.21. The van der Waals surface area contributed by atoms with Crippen molar-refractivity contribution >= 4 is 11.3 Å². The van der Waals surface area contributed by atoms with Crippen LogP contribution >= 0.6 is 11.3 Å². The summed E-state index contributed by atoms with van der Waals surface area (Å²) in [5.41, 5.74) is 5.63. The lowest BCUT2D eigenvalue weighted by Gasteiger charge is -2.36. The zero-order chi connectivity index (χ0) is 12.8. The molecule has 4 nitrogen and oxygen atoms in total. The van der Waals surface area contributed by atoms with Gasteiger partial charge in [0.1, 0.15) is 0 Å². The molecule has 1 aliphatic heterocycles. The summed E-state index contributed by atoms with van der Waals surface area (Å²) in [4.78, 5) is 6.29. The van der Waals surface area contributed by atoms with Crippen LogP contribution in [0.3, 0.4) is 0 Å². The standard InChI is InChI=1S/C13H23N3OS/c1-15(5-4-14)11-12(13-3-2-10-18-13)16-6-8-17-9-7-16/h2-3,10,12H,4-9,11,14H2,1H3. The monoisotopic (exact) mass is 269 g/mol. The average molecular weight is 269 g/mol. The summed E-state index contributed by atoms with van der Waals surface area (Å²) >= 11 is 1.84. The maximum absolute atomic E-state index is 5.63. The molecule has 2 heterocycles. The number of hydrogen-bond acceptors (Lipinski definition) is 5. The SMILES string of the molecule is CN(CCN)CC(c1cccs1)N1CCOCC1. The van der Waals surface area contributed by atoms with Crippen LogP contribution in [-0.4, -0.2) is 62.8 Å². The molecule has 1 unspecified atom stereocenters. The number of nitrogens with zero attached hydrogens (tertiary/aromatic N) is 2. The van der Waals surface area contributed by atoms with Crippen LogP contribution in [-0.2, 0) is 4.74 Å². The van der Waals surface area contributed by atoms with Gasteiger partial charge in [-0.05, 0) is 18.5 Å². The number of hydrogen-bond donors (Lipinski definition) is 1. The van der Waals surface area contributed by atoms with Gasteiger partial charge in [0.15, 0.2) is 0 Å². The van der Waals surface area contributed by atoms with E-state index in [1.165, 1.54) is 4.88 Å². The van der Waals surface area contributed by atoms with Crippen LogP contribution in [0.1, 0.15) is 10.9 Å². The molecule has 0 bridgehead atoms. The second-order valence-corrected chi connectivity index (χ2v) is 5.71. The molecule has 1 atom stereocenters. The molecule has 0 spiro atoms. The molecule has 0 amide bonds. The lowest BCUT2D eigenvalue weighted by molar-refractivity contribution is 0.0103. The third-order valence-corrected chi connectivity index (χ3v) is 4.33. The summed E-state index contributed by atoms with van der Waals surface area (Å²) in [5.74, 6) is 0. The Balaban J connectivity index is 2.02. The first-order valence-electron chi connectivity index (χ1n) is 6.55. The van der Waals surface area contributed by atoms with E-state index in [1.54, 1.807) is 0 Å². The molecule has 102 valence electrons. The fraction of sp³-hybridized carbons (Fsp3) is 0.692. The molecule has 1 aromatic heterocycles. The molecule has 1 fully saturated rings. The Morgan fingerprint density at radius 2 is 2.28 bits per heavy atom. The molecule has 1 aromatic rings. The third kappa shape index (κ3) is 3.76. The Labute approximate surface area is 113 Å². The van der Waals surface area contributed by atoms with Gasteiger partial charge in [0.25, 0.3) is 0 Å². The highest BCUT2D eigenvalue weighted by atomic mass is 32.1. The zero-order valence-corrected chi connectivity index (χ0v) is 11.9. The van der Waals surface area contributed by atoms with Crippen LogP contribution in [0, 0.1) is 0 Å². The Bertz CT molecular complexity index is 325. The van der Waals surface area contributed by atoms with E-state index in [-0.39, 0.29) is 0 Å². The summed E-state index contributed by atoms with van der Waals surface area (Å²) in [6.07, 6.45) is 0. The van der Waals surface area contributed by atoms with Crippen LogP contribution in [0.4, 0.5) is 0 Å². The Kier molecular flexibility index (Phi) is 5.59. The normalized spacial score (nSPS) is 19.3. The first kappa shape index (κ1) is 14.0. The zero-order valence-electron chi connectivity index (χ0n) is 11.0. The lowest BCUT2D eigenvalue weighted by Crippen LogP contribution is -2.43. The van der Waals surface area contributed by atoms with E-state index in [0.717, 1.165) is 45.9 Å². The summed E-state index contributed by atoms with van der Waals surface area (Å²) in [7, 11) is 2.15. The van der Waals surface area contributed by atoms with E-state index in [0.29, 0.717) is 6.04 Å². The molecule has 0 saturated carbocycles. The Morgan fingerprint density at radius 3 is 2.89 bits per heavy atom. The third-order valence-electron chi connectivity index (χ3n) is 3.35. The highest BCUT2D eigenvalue weighted by Gasteiger charge is 2.24. The van der Waals surface area contributed by atoms with Crippen molar-refractivity contribution in [3.63, 3.8) is 0 Å². The fourth-order valence-electron chi connectivity index (χ4n) is 2.36. The molecule has 18 heavy (non-hydrogen) atoms. The number of likely N-dealkylation sites (N-methyl/N-ethyl adjacent to an activating group) is 1. The van der Waals surface area contributed by atoms with Gasteiger partial charge in [-0.15, -0.1) is 11.3 Å². The van der Waals surface area contributed by atoms with Gasteiger partial charge < -0.3 is 15.4 Å². The van der Waals surface area contributed by atoms with Gasteiger partial charge in [0.2, 0.25) is 0 Å². The van der Waals surface area contributed by atoms with Crippen molar-refractivity contribution in [3.8, 4) is 0 Å². The van der Waals surface area contributed by atoms with Gasteiger partial charge in [-0.2, -0.15) is 0 Å². The molecule has 0 radical (unpaired) electrons. The first-order chi connectivity index (χ1) is 8.81. The summed E-state index contributed by atoms with van der Waals surface area (Å²) < 4.78 is 5.45. The number of nitrogens with two attached hydrogens (primary N) is 1. The van der Waals surface area contributed by atoms with Gasteiger partial charge in [0.05, 0.1) is 19.3 Å². The summed E-state index contributed by atoms with van der Waals surface area (Å²) in [6, 6.07) is 4.85. The van der Waals surface area contributed by atoms with Crippen molar-refractivity contribution < 1.29 is 4.74 Å². The topological polar surface area (TPSA) is 41.7 Å². The maximum Gasteiger partial charge on any atom is 0.0594 e. The van der Waals surface area contributed by atoms with Crippen molar-refractivity contribution in [3.05, 3.63) is 22.4 Å². The van der Waals surface area contributed by atoms with E-state index >= 15 is 0 Å². The molecule has 2 N–H and O–H groups in total. The number of morpholine rings is 1. The van der Waals surface area contributed by atoms with Crippen molar-refractivity contribution in [1.29, 1.82) is 0 Å². The maximum atomic E-state index is 5.63. The van der Waals surface area contributed by atoms with Crippen LogP contribution < -0.4 is 5.73 Å². The predicted octanol–water partition coefficient (Wildman–Crippen LogP) is 1.01. The van der Waals surface area contributed by atoms with Crippen LogP contribution in [0.15, 0.2) is 17.5 Å². The van der Waals surface area contributed by atoms with Gasteiger partial charge >= 0.3 is 0 Å². The average Bonchev–Trinajstić information content (AvgIpc) is 2.91. The van der Waals surface area contributed by atoms with Crippen LogP contribution in [0.2, 0.25) is 0 Å². The number of rotatable bonds is 6. The van der Waals surface area contributed by atoms with E-state index in [9.17, 15) is 0 Å². The fourth-order valence-corrected chi connectivity index (χ4v) is 3.21. The molecule has 1 saturated heterocycles. The van der Waals surface area contributed by atoms with Gasteiger partial charge in [-0.3, -0.25) is 4.90 Å². The Morgan fingerprint density at radius 1 is 1.50 bits per heavy atom. The molecular formula is C13H23N3OS. The molecular weight excluding hydrogens is 246 g/mol. The van der Waals surface area contributed by atoms with Gasteiger partial charge in [-0.1, -0.05) is 6.07 Å². The van der Waals surface area contributed by atoms with Gasteiger partial charge in [-0.25, -0.2) is 0 Å². The van der Waals surface area contributed by atoms with Crippen LogP contribution in [0.5, 0.6) is 0 Å². The number of thiophene rings is 1. The largest absolute Gasteiger partial charge is 0.379 e. The molecule has 0 aliphatic carbocycles. The minimum Gasteiger partial charge on any atom is -0.379 e. The number of ether oxygens (including phenoxy) is 1. The van der Waals surface area contributed by atoms with Crippen LogP contribution in [0.25, 0.3) is 0 Å². The predicted molar refractivity (Wildman–Crippen MR) is 76.0 cm³/mol. The lowest BCUT2D eigenvalue weighted by atomic mass is 10.1. The summed E-state index contributed by atoms with van der Waals surface area (Å²) in [5, 5.41) is 2.16.